The van der Waals surface area contributed by atoms with Gasteiger partial charge >= 0.3 is 0 Å². The van der Waals surface area contributed by atoms with E-state index in [-0.39, 0.29) is 0 Å². The summed E-state index contributed by atoms with van der Waals surface area (Å²) in [6, 6.07) is 15.0. The topological polar surface area (TPSA) is 38.8 Å². The molecule has 4 nitrogen and oxygen atoms in total. The summed E-state index contributed by atoms with van der Waals surface area (Å²) in [6.07, 6.45) is 9.93. The number of ether oxygens (including phenoxy) is 2. The van der Waals surface area contributed by atoms with Crippen molar-refractivity contribution in [3.8, 4) is 11.5 Å². The molecule has 0 aromatic heterocycles. The Balaban J connectivity index is 1.71. The summed E-state index contributed by atoms with van der Waals surface area (Å²) in [4.78, 5) is 13.8. The van der Waals surface area contributed by atoms with Crippen LogP contribution in [-0.2, 0) is 6.42 Å². The first-order valence-electron chi connectivity index (χ1n) is 9.91. The predicted octanol–water partition coefficient (Wildman–Crippen LogP) is 4.63. The summed E-state index contributed by atoms with van der Waals surface area (Å²) in [5.41, 5.74) is 2.82. The lowest BCUT2D eigenvalue weighted by molar-refractivity contribution is 0.112. The standard InChI is InChI=1S/C24H29NO3/c1-27-23-20(13-14-21(18-26)24(23)28-2)11-8-16-25-15-7-6-12-22(25)17-19-9-4-3-5-10-19/h3-5,8-11,13-14,18,22H,6-7,12,15-17H2,1-2H3. The second-order valence-corrected chi connectivity index (χ2v) is 7.16. The number of rotatable bonds is 8. The molecule has 1 saturated heterocycles. The van der Waals surface area contributed by atoms with Crippen LogP contribution in [-0.4, -0.2) is 44.5 Å². The molecule has 1 fully saturated rings. The van der Waals surface area contributed by atoms with Gasteiger partial charge in [0, 0.05) is 18.2 Å². The fourth-order valence-corrected chi connectivity index (χ4v) is 3.97. The second-order valence-electron chi connectivity index (χ2n) is 7.16. The third-order valence-electron chi connectivity index (χ3n) is 5.41. The van der Waals surface area contributed by atoms with Gasteiger partial charge in [-0.15, -0.1) is 0 Å². The van der Waals surface area contributed by atoms with Crippen LogP contribution in [0.15, 0.2) is 48.5 Å². The largest absolute Gasteiger partial charge is 0.492 e. The Morgan fingerprint density at radius 2 is 1.71 bits per heavy atom. The molecule has 0 N–H and O–H groups in total. The molecule has 3 rings (SSSR count). The molecule has 0 bridgehead atoms. The zero-order valence-corrected chi connectivity index (χ0v) is 16.8. The molecule has 0 saturated carbocycles. The fraction of sp³-hybridized carbons (Fsp3) is 0.375. The van der Waals surface area contributed by atoms with Crippen LogP contribution in [0.1, 0.15) is 40.7 Å². The Hall–Kier alpha value is -2.59. The van der Waals surface area contributed by atoms with Gasteiger partial charge < -0.3 is 9.47 Å². The number of carbonyl (C=O) groups excluding carboxylic acids is 1. The van der Waals surface area contributed by atoms with Crippen molar-refractivity contribution in [2.24, 2.45) is 0 Å². The minimum absolute atomic E-state index is 0.486. The Labute approximate surface area is 167 Å². The highest BCUT2D eigenvalue weighted by molar-refractivity contribution is 5.83. The lowest BCUT2D eigenvalue weighted by atomic mass is 9.95. The number of nitrogens with zero attached hydrogens (tertiary/aromatic N) is 1. The van der Waals surface area contributed by atoms with Gasteiger partial charge in [0.25, 0.3) is 0 Å². The highest BCUT2D eigenvalue weighted by Crippen LogP contribution is 2.34. The van der Waals surface area contributed by atoms with Crippen LogP contribution in [0.4, 0.5) is 0 Å². The van der Waals surface area contributed by atoms with Crippen molar-refractivity contribution in [3.05, 3.63) is 65.2 Å². The van der Waals surface area contributed by atoms with Gasteiger partial charge in [0.1, 0.15) is 0 Å². The lowest BCUT2D eigenvalue weighted by Crippen LogP contribution is -2.40. The van der Waals surface area contributed by atoms with Gasteiger partial charge in [-0.2, -0.15) is 0 Å². The van der Waals surface area contributed by atoms with Crippen LogP contribution in [0.3, 0.4) is 0 Å². The van der Waals surface area contributed by atoms with Crippen LogP contribution < -0.4 is 9.47 Å². The Kier molecular flexibility index (Phi) is 7.26. The van der Waals surface area contributed by atoms with E-state index in [4.69, 9.17) is 9.47 Å². The quantitative estimate of drug-likeness (QED) is 0.627. The number of methoxy groups -OCH3 is 2. The van der Waals surface area contributed by atoms with Gasteiger partial charge in [-0.3, -0.25) is 9.69 Å². The molecule has 0 aliphatic carbocycles. The molecule has 1 aliphatic rings. The Morgan fingerprint density at radius 1 is 1.00 bits per heavy atom. The second kappa shape index (κ2) is 10.1. The van der Waals surface area contributed by atoms with Crippen molar-refractivity contribution < 1.29 is 14.3 Å². The first-order chi connectivity index (χ1) is 13.8. The van der Waals surface area contributed by atoms with E-state index in [0.29, 0.717) is 23.1 Å². The highest BCUT2D eigenvalue weighted by atomic mass is 16.5. The molecular weight excluding hydrogens is 350 g/mol. The molecule has 2 aromatic rings. The number of carbonyl (C=O) groups is 1. The smallest absolute Gasteiger partial charge is 0.171 e. The maximum atomic E-state index is 11.2. The number of aldehydes is 1. The summed E-state index contributed by atoms with van der Waals surface area (Å²) < 4.78 is 10.9. The minimum atomic E-state index is 0.486. The average Bonchev–Trinajstić information content (AvgIpc) is 2.75. The maximum Gasteiger partial charge on any atom is 0.171 e. The summed E-state index contributed by atoms with van der Waals surface area (Å²) in [7, 11) is 3.16. The zero-order chi connectivity index (χ0) is 19.8. The third kappa shape index (κ3) is 4.82. The van der Waals surface area contributed by atoms with E-state index >= 15 is 0 Å². The van der Waals surface area contributed by atoms with Crippen molar-refractivity contribution in [3.63, 3.8) is 0 Å². The van der Waals surface area contributed by atoms with Gasteiger partial charge in [-0.1, -0.05) is 55.0 Å². The van der Waals surface area contributed by atoms with E-state index in [1.807, 2.05) is 6.07 Å². The molecule has 0 spiro atoms. The average molecular weight is 380 g/mol. The monoisotopic (exact) mass is 379 g/mol. The number of benzene rings is 2. The van der Waals surface area contributed by atoms with E-state index < -0.39 is 0 Å². The molecule has 2 aromatic carbocycles. The third-order valence-corrected chi connectivity index (χ3v) is 5.41. The summed E-state index contributed by atoms with van der Waals surface area (Å²) in [5, 5.41) is 0. The van der Waals surface area contributed by atoms with Crippen LogP contribution in [0.2, 0.25) is 0 Å². The molecule has 0 amide bonds. The van der Waals surface area contributed by atoms with Gasteiger partial charge in [0.2, 0.25) is 0 Å². The lowest BCUT2D eigenvalue weighted by Gasteiger charge is -2.35. The van der Waals surface area contributed by atoms with Crippen molar-refractivity contribution in [1.29, 1.82) is 0 Å². The van der Waals surface area contributed by atoms with Gasteiger partial charge in [0.15, 0.2) is 17.8 Å². The van der Waals surface area contributed by atoms with Crippen LogP contribution in [0, 0.1) is 0 Å². The fourth-order valence-electron chi connectivity index (χ4n) is 3.97. The van der Waals surface area contributed by atoms with Crippen LogP contribution in [0.5, 0.6) is 11.5 Å². The molecule has 1 atom stereocenters. The molecular formula is C24H29NO3. The number of hydrogen-bond acceptors (Lipinski definition) is 4. The van der Waals surface area contributed by atoms with E-state index in [9.17, 15) is 4.79 Å². The van der Waals surface area contributed by atoms with Crippen molar-refractivity contribution >= 4 is 12.4 Å². The van der Waals surface area contributed by atoms with Gasteiger partial charge in [0.05, 0.1) is 19.8 Å². The summed E-state index contributed by atoms with van der Waals surface area (Å²) in [6.45, 7) is 2.03. The first kappa shape index (κ1) is 20.2. The molecule has 0 radical (unpaired) electrons. The highest BCUT2D eigenvalue weighted by Gasteiger charge is 2.21. The first-order valence-corrected chi connectivity index (χ1v) is 9.91. The van der Waals surface area contributed by atoms with Gasteiger partial charge in [-0.25, -0.2) is 0 Å². The van der Waals surface area contributed by atoms with E-state index in [2.05, 4.69) is 47.4 Å². The number of hydrogen-bond donors (Lipinski definition) is 0. The van der Waals surface area contributed by atoms with Crippen molar-refractivity contribution in [2.45, 2.75) is 31.7 Å². The minimum Gasteiger partial charge on any atom is -0.492 e. The normalized spacial score (nSPS) is 17.6. The van der Waals surface area contributed by atoms with E-state index in [0.717, 1.165) is 31.4 Å². The molecule has 1 aliphatic heterocycles. The van der Waals surface area contributed by atoms with Crippen molar-refractivity contribution in [1.82, 2.24) is 4.90 Å². The van der Waals surface area contributed by atoms with Gasteiger partial charge in [-0.05, 0) is 37.4 Å². The van der Waals surface area contributed by atoms with Crippen LogP contribution in [0.25, 0.3) is 6.08 Å². The maximum absolute atomic E-state index is 11.2. The van der Waals surface area contributed by atoms with E-state index in [1.54, 1.807) is 20.3 Å². The molecule has 28 heavy (non-hydrogen) atoms. The van der Waals surface area contributed by atoms with Crippen molar-refractivity contribution in [2.75, 3.05) is 27.3 Å². The van der Waals surface area contributed by atoms with Crippen LogP contribution >= 0.6 is 0 Å². The number of piperidine rings is 1. The Morgan fingerprint density at radius 3 is 2.43 bits per heavy atom. The summed E-state index contributed by atoms with van der Waals surface area (Å²) >= 11 is 0. The molecule has 1 unspecified atom stereocenters. The molecule has 1 heterocycles. The number of likely N-dealkylation sites (tertiary alicyclic amines) is 1. The molecule has 148 valence electrons. The van der Waals surface area contributed by atoms with E-state index in [1.165, 1.54) is 24.8 Å². The summed E-state index contributed by atoms with van der Waals surface area (Å²) in [5.74, 6) is 1.09. The molecule has 4 heteroatoms. The Bertz CT molecular complexity index is 801. The predicted molar refractivity (Wildman–Crippen MR) is 113 cm³/mol. The zero-order valence-electron chi connectivity index (χ0n) is 16.8. The SMILES string of the molecule is COc1c(C=O)ccc(C=CCN2CCCCC2Cc2ccccc2)c1OC.